The molecule has 2 heterocycles. The molecule has 7 nitrogen and oxygen atoms in total. The summed E-state index contributed by atoms with van der Waals surface area (Å²) in [5.41, 5.74) is 7.56. The normalized spacial score (nSPS) is 23.7. The van der Waals surface area contributed by atoms with Crippen LogP contribution in [0.1, 0.15) is 32.2 Å². The van der Waals surface area contributed by atoms with Gasteiger partial charge in [0.25, 0.3) is 0 Å². The topological polar surface area (TPSA) is 93.1 Å². The number of imidazole rings is 1. The standard InChI is InChI=1S/C16H22N6O/c1-2-21(11-5-6-11)14-13-15(20-16(17)19-14)22(9-18-13)12-4-3-10(7-12)8-23/h3-4,9-12,23H,2,5-8H2,1H3,(H2,17,19,20)/t10-,12+/m1/s1. The van der Waals surface area contributed by atoms with Crippen LogP contribution in [-0.4, -0.2) is 43.8 Å². The number of rotatable bonds is 5. The molecule has 2 atom stereocenters. The summed E-state index contributed by atoms with van der Waals surface area (Å²) in [7, 11) is 0. The Kier molecular flexibility index (Phi) is 3.45. The van der Waals surface area contributed by atoms with Gasteiger partial charge in [-0.05, 0) is 26.2 Å². The highest BCUT2D eigenvalue weighted by Gasteiger charge is 2.32. The van der Waals surface area contributed by atoms with Gasteiger partial charge in [-0.15, -0.1) is 0 Å². The molecule has 1 saturated carbocycles. The Hall–Kier alpha value is -2.15. The van der Waals surface area contributed by atoms with Gasteiger partial charge < -0.3 is 20.3 Å². The third kappa shape index (κ3) is 2.45. The van der Waals surface area contributed by atoms with Crippen LogP contribution in [0.4, 0.5) is 11.8 Å². The van der Waals surface area contributed by atoms with Crippen LogP contribution in [0.5, 0.6) is 0 Å². The van der Waals surface area contributed by atoms with Gasteiger partial charge in [0.1, 0.15) is 0 Å². The molecule has 0 bridgehead atoms. The highest BCUT2D eigenvalue weighted by atomic mass is 16.3. The number of fused-ring (bicyclic) bond motifs is 1. The van der Waals surface area contributed by atoms with Gasteiger partial charge >= 0.3 is 0 Å². The molecule has 0 amide bonds. The van der Waals surface area contributed by atoms with E-state index in [1.54, 1.807) is 0 Å². The second-order valence-corrected chi connectivity index (χ2v) is 6.38. The van der Waals surface area contributed by atoms with Gasteiger partial charge in [0.05, 0.1) is 12.4 Å². The molecule has 7 heteroatoms. The molecule has 0 radical (unpaired) electrons. The Morgan fingerprint density at radius 2 is 2.17 bits per heavy atom. The van der Waals surface area contributed by atoms with E-state index in [0.29, 0.717) is 6.04 Å². The van der Waals surface area contributed by atoms with Gasteiger partial charge in [-0.1, -0.05) is 12.2 Å². The van der Waals surface area contributed by atoms with Gasteiger partial charge in [0.15, 0.2) is 17.0 Å². The summed E-state index contributed by atoms with van der Waals surface area (Å²) < 4.78 is 2.05. The van der Waals surface area contributed by atoms with Gasteiger partial charge in [-0.2, -0.15) is 9.97 Å². The van der Waals surface area contributed by atoms with Crippen LogP contribution in [0.25, 0.3) is 11.2 Å². The summed E-state index contributed by atoms with van der Waals surface area (Å²) in [5, 5.41) is 9.33. The predicted octanol–water partition coefficient (Wildman–Crippen LogP) is 1.51. The lowest BCUT2D eigenvalue weighted by Gasteiger charge is -2.22. The average Bonchev–Trinajstić information content (AvgIpc) is 3.11. The summed E-state index contributed by atoms with van der Waals surface area (Å²) >= 11 is 0. The molecule has 0 unspecified atom stereocenters. The molecule has 0 aromatic carbocycles. The van der Waals surface area contributed by atoms with Crippen molar-refractivity contribution in [2.45, 2.75) is 38.3 Å². The number of hydrogen-bond acceptors (Lipinski definition) is 6. The number of allylic oxidation sites excluding steroid dienone is 1. The van der Waals surface area contributed by atoms with Crippen LogP contribution in [0.15, 0.2) is 18.5 Å². The number of nitrogen functional groups attached to an aromatic ring is 1. The van der Waals surface area contributed by atoms with Crippen molar-refractivity contribution >= 4 is 22.9 Å². The van der Waals surface area contributed by atoms with E-state index in [1.165, 1.54) is 12.8 Å². The second-order valence-electron chi connectivity index (χ2n) is 6.38. The van der Waals surface area contributed by atoms with E-state index in [2.05, 4.69) is 38.9 Å². The first-order valence-electron chi connectivity index (χ1n) is 8.27. The minimum Gasteiger partial charge on any atom is -0.396 e. The van der Waals surface area contributed by atoms with Crippen LogP contribution < -0.4 is 10.6 Å². The molecule has 0 aliphatic heterocycles. The number of hydrogen-bond donors (Lipinski definition) is 2. The summed E-state index contributed by atoms with van der Waals surface area (Å²) in [6.45, 7) is 3.19. The van der Waals surface area contributed by atoms with E-state index in [4.69, 9.17) is 5.73 Å². The maximum absolute atomic E-state index is 9.33. The smallest absolute Gasteiger partial charge is 0.224 e. The van der Waals surface area contributed by atoms with Crippen LogP contribution in [0.3, 0.4) is 0 Å². The van der Waals surface area contributed by atoms with E-state index in [0.717, 1.165) is 29.9 Å². The first-order chi connectivity index (χ1) is 11.2. The Morgan fingerprint density at radius 3 is 2.83 bits per heavy atom. The lowest BCUT2D eigenvalue weighted by molar-refractivity contribution is 0.244. The van der Waals surface area contributed by atoms with E-state index in [-0.39, 0.29) is 24.5 Å². The van der Waals surface area contributed by atoms with Crippen molar-refractivity contribution in [1.82, 2.24) is 19.5 Å². The predicted molar refractivity (Wildman–Crippen MR) is 89.1 cm³/mol. The Bertz CT molecular complexity index is 750. The molecular formula is C16H22N6O. The molecule has 122 valence electrons. The molecule has 0 spiro atoms. The fourth-order valence-electron chi connectivity index (χ4n) is 3.42. The largest absolute Gasteiger partial charge is 0.396 e. The lowest BCUT2D eigenvalue weighted by atomic mass is 10.1. The highest BCUT2D eigenvalue weighted by Crippen LogP contribution is 2.36. The van der Waals surface area contributed by atoms with Crippen LogP contribution >= 0.6 is 0 Å². The average molecular weight is 314 g/mol. The zero-order valence-corrected chi connectivity index (χ0v) is 13.3. The van der Waals surface area contributed by atoms with Crippen LogP contribution in [0.2, 0.25) is 0 Å². The summed E-state index contributed by atoms with van der Waals surface area (Å²) in [6, 6.07) is 0.711. The molecule has 2 aromatic heterocycles. The summed E-state index contributed by atoms with van der Waals surface area (Å²) in [4.78, 5) is 15.8. The molecule has 23 heavy (non-hydrogen) atoms. The van der Waals surface area contributed by atoms with Crippen molar-refractivity contribution in [3.8, 4) is 0 Å². The van der Waals surface area contributed by atoms with Crippen molar-refractivity contribution in [3.63, 3.8) is 0 Å². The maximum atomic E-state index is 9.33. The fraction of sp³-hybridized carbons (Fsp3) is 0.562. The number of nitrogens with zero attached hydrogens (tertiary/aromatic N) is 5. The fourth-order valence-corrected chi connectivity index (χ4v) is 3.42. The minimum atomic E-state index is 0.162. The van der Waals surface area contributed by atoms with Crippen molar-refractivity contribution in [2.75, 3.05) is 23.8 Å². The molecule has 0 saturated heterocycles. The van der Waals surface area contributed by atoms with Crippen molar-refractivity contribution in [1.29, 1.82) is 0 Å². The molecule has 3 N–H and O–H groups in total. The van der Waals surface area contributed by atoms with Crippen molar-refractivity contribution < 1.29 is 5.11 Å². The van der Waals surface area contributed by atoms with Crippen molar-refractivity contribution in [2.24, 2.45) is 5.92 Å². The second kappa shape index (κ2) is 5.49. The molecule has 2 aromatic rings. The van der Waals surface area contributed by atoms with E-state index in [9.17, 15) is 5.11 Å². The highest BCUT2D eigenvalue weighted by molar-refractivity contribution is 5.85. The monoisotopic (exact) mass is 314 g/mol. The first-order valence-corrected chi connectivity index (χ1v) is 8.27. The zero-order valence-electron chi connectivity index (χ0n) is 13.3. The SMILES string of the molecule is CCN(c1nc(N)nc2c1ncn2[C@H]1C=C[C@@H](CO)C1)C1CC1. The van der Waals surface area contributed by atoms with Gasteiger partial charge in [-0.3, -0.25) is 0 Å². The third-order valence-corrected chi connectivity index (χ3v) is 4.76. The van der Waals surface area contributed by atoms with E-state index in [1.807, 2.05) is 10.9 Å². The lowest BCUT2D eigenvalue weighted by Crippen LogP contribution is -2.27. The quantitative estimate of drug-likeness (QED) is 0.813. The van der Waals surface area contributed by atoms with Crippen LogP contribution in [0, 0.1) is 5.92 Å². The molecule has 4 rings (SSSR count). The zero-order chi connectivity index (χ0) is 16.0. The Labute approximate surface area is 134 Å². The van der Waals surface area contributed by atoms with Crippen LogP contribution in [-0.2, 0) is 0 Å². The molecule has 2 aliphatic carbocycles. The number of aliphatic hydroxyl groups is 1. The molecule has 1 fully saturated rings. The number of aliphatic hydroxyl groups excluding tert-OH is 1. The van der Waals surface area contributed by atoms with Gasteiger partial charge in [0, 0.05) is 25.1 Å². The first kappa shape index (κ1) is 14.4. The van der Waals surface area contributed by atoms with E-state index >= 15 is 0 Å². The van der Waals surface area contributed by atoms with Crippen molar-refractivity contribution in [3.05, 3.63) is 18.5 Å². The number of anilines is 2. The third-order valence-electron chi connectivity index (χ3n) is 4.76. The number of nitrogens with two attached hydrogens (primary N) is 1. The summed E-state index contributed by atoms with van der Waals surface area (Å²) in [5.74, 6) is 1.33. The Balaban J connectivity index is 1.77. The number of aromatic nitrogens is 4. The van der Waals surface area contributed by atoms with Gasteiger partial charge in [0.2, 0.25) is 5.95 Å². The maximum Gasteiger partial charge on any atom is 0.224 e. The summed E-state index contributed by atoms with van der Waals surface area (Å²) in [6.07, 6.45) is 9.25. The minimum absolute atomic E-state index is 0.162. The van der Waals surface area contributed by atoms with E-state index < -0.39 is 0 Å². The molecule has 2 aliphatic rings. The molecular weight excluding hydrogens is 292 g/mol. The Morgan fingerprint density at radius 1 is 1.35 bits per heavy atom. The van der Waals surface area contributed by atoms with Gasteiger partial charge in [-0.25, -0.2) is 4.98 Å².